The van der Waals surface area contributed by atoms with Crippen molar-refractivity contribution in [1.29, 1.82) is 0 Å². The first-order valence-electron chi connectivity index (χ1n) is 7.81. The molecule has 0 saturated heterocycles. The van der Waals surface area contributed by atoms with Crippen molar-refractivity contribution >= 4 is 6.08 Å². The van der Waals surface area contributed by atoms with E-state index in [4.69, 9.17) is 4.74 Å². The lowest BCUT2D eigenvalue weighted by atomic mass is 10.1. The number of rotatable bonds is 10. The average molecular weight is 276 g/mol. The molecular formula is C18H28O2. The first kappa shape index (κ1) is 16.6. The lowest BCUT2D eigenvalue weighted by molar-refractivity contribution is 0.373. The highest BCUT2D eigenvalue weighted by molar-refractivity contribution is 5.55. The van der Waals surface area contributed by atoms with Crippen molar-refractivity contribution in [3.63, 3.8) is 0 Å². The summed E-state index contributed by atoms with van der Waals surface area (Å²) in [6, 6.07) is 5.43. The lowest BCUT2D eigenvalue weighted by Crippen LogP contribution is -1.84. The summed E-state index contributed by atoms with van der Waals surface area (Å²) in [5.41, 5.74) is 1.07. The maximum Gasteiger partial charge on any atom is 0.161 e. The maximum absolute atomic E-state index is 9.52. The van der Waals surface area contributed by atoms with Gasteiger partial charge >= 0.3 is 0 Å². The van der Waals surface area contributed by atoms with E-state index in [0.29, 0.717) is 5.75 Å². The number of phenols is 1. The number of methoxy groups -OCH3 is 1. The van der Waals surface area contributed by atoms with Gasteiger partial charge in [-0.05, 0) is 30.5 Å². The number of ether oxygens (including phenoxy) is 1. The summed E-state index contributed by atoms with van der Waals surface area (Å²) in [6.45, 7) is 2.25. The van der Waals surface area contributed by atoms with Crippen LogP contribution in [-0.2, 0) is 0 Å². The Labute approximate surface area is 123 Å². The average Bonchev–Trinajstić information content (AvgIpc) is 2.47. The molecule has 0 atom stereocenters. The zero-order chi connectivity index (χ0) is 14.6. The minimum atomic E-state index is 0.191. The van der Waals surface area contributed by atoms with Gasteiger partial charge in [0.25, 0.3) is 0 Å². The molecule has 2 nitrogen and oxygen atoms in total. The summed E-state index contributed by atoms with van der Waals surface area (Å²) in [6.07, 6.45) is 14.8. The molecule has 0 aliphatic rings. The summed E-state index contributed by atoms with van der Waals surface area (Å²) < 4.78 is 5.09. The van der Waals surface area contributed by atoms with Gasteiger partial charge in [-0.1, -0.05) is 63.7 Å². The summed E-state index contributed by atoms with van der Waals surface area (Å²) >= 11 is 0. The number of hydrogen-bond donors (Lipinski definition) is 1. The van der Waals surface area contributed by atoms with Crippen molar-refractivity contribution in [2.75, 3.05) is 7.11 Å². The third kappa shape index (κ3) is 6.65. The Morgan fingerprint density at radius 1 is 1.05 bits per heavy atom. The van der Waals surface area contributed by atoms with Crippen molar-refractivity contribution in [3.8, 4) is 11.5 Å². The van der Waals surface area contributed by atoms with Crippen LogP contribution in [0.4, 0.5) is 0 Å². The van der Waals surface area contributed by atoms with E-state index in [0.717, 1.165) is 12.0 Å². The van der Waals surface area contributed by atoms with Crippen LogP contribution in [0.25, 0.3) is 6.08 Å². The van der Waals surface area contributed by atoms with Gasteiger partial charge in [0.15, 0.2) is 11.5 Å². The number of phenolic OH excluding ortho intramolecular Hbond substituents is 1. The molecule has 20 heavy (non-hydrogen) atoms. The summed E-state index contributed by atoms with van der Waals surface area (Å²) in [5.74, 6) is 0.722. The van der Waals surface area contributed by atoms with E-state index in [1.165, 1.54) is 44.9 Å². The molecule has 0 aliphatic carbocycles. The van der Waals surface area contributed by atoms with Gasteiger partial charge in [0.05, 0.1) is 7.11 Å². The minimum absolute atomic E-state index is 0.191. The fourth-order valence-corrected chi connectivity index (χ4v) is 2.24. The molecule has 0 spiro atoms. The molecular weight excluding hydrogens is 248 g/mol. The van der Waals surface area contributed by atoms with Gasteiger partial charge < -0.3 is 9.84 Å². The van der Waals surface area contributed by atoms with Crippen LogP contribution >= 0.6 is 0 Å². The zero-order valence-corrected chi connectivity index (χ0v) is 12.9. The normalized spacial score (nSPS) is 11.1. The number of aromatic hydroxyl groups is 1. The highest BCUT2D eigenvalue weighted by Gasteiger charge is 1.99. The van der Waals surface area contributed by atoms with Crippen LogP contribution in [0.15, 0.2) is 24.3 Å². The summed E-state index contributed by atoms with van der Waals surface area (Å²) in [5, 5.41) is 9.52. The van der Waals surface area contributed by atoms with Crippen molar-refractivity contribution in [2.45, 2.75) is 58.3 Å². The molecule has 112 valence electrons. The molecule has 0 aliphatic heterocycles. The van der Waals surface area contributed by atoms with E-state index in [-0.39, 0.29) is 5.75 Å². The van der Waals surface area contributed by atoms with Crippen LogP contribution in [0.5, 0.6) is 11.5 Å². The second-order valence-electron chi connectivity index (χ2n) is 5.24. The van der Waals surface area contributed by atoms with E-state index in [2.05, 4.69) is 19.1 Å². The first-order valence-corrected chi connectivity index (χ1v) is 7.81. The van der Waals surface area contributed by atoms with Crippen LogP contribution in [0.2, 0.25) is 0 Å². The van der Waals surface area contributed by atoms with Crippen molar-refractivity contribution in [3.05, 3.63) is 29.8 Å². The monoisotopic (exact) mass is 276 g/mol. The first-order chi connectivity index (χ1) is 9.77. The second-order valence-corrected chi connectivity index (χ2v) is 5.24. The SMILES string of the molecule is CCCCCCCCC/C=C/c1ccc(O)c(OC)c1. The number of unbranched alkanes of at least 4 members (excludes halogenated alkanes) is 7. The smallest absolute Gasteiger partial charge is 0.161 e. The fourth-order valence-electron chi connectivity index (χ4n) is 2.24. The summed E-state index contributed by atoms with van der Waals surface area (Å²) in [4.78, 5) is 0. The predicted molar refractivity (Wildman–Crippen MR) is 86.3 cm³/mol. The summed E-state index contributed by atoms with van der Waals surface area (Å²) in [7, 11) is 1.57. The zero-order valence-electron chi connectivity index (χ0n) is 12.9. The molecule has 0 aromatic heterocycles. The Morgan fingerprint density at radius 3 is 2.45 bits per heavy atom. The van der Waals surface area contributed by atoms with Crippen molar-refractivity contribution in [2.24, 2.45) is 0 Å². The van der Waals surface area contributed by atoms with Crippen molar-refractivity contribution < 1.29 is 9.84 Å². The van der Waals surface area contributed by atoms with Gasteiger partial charge in [0.1, 0.15) is 0 Å². The Bertz CT molecular complexity index is 396. The van der Waals surface area contributed by atoms with Crippen LogP contribution in [-0.4, -0.2) is 12.2 Å². The third-order valence-corrected chi connectivity index (χ3v) is 3.49. The van der Waals surface area contributed by atoms with E-state index in [1.807, 2.05) is 12.1 Å². The third-order valence-electron chi connectivity index (χ3n) is 3.49. The van der Waals surface area contributed by atoms with E-state index < -0.39 is 0 Å². The molecule has 0 amide bonds. The predicted octanol–water partition coefficient (Wildman–Crippen LogP) is 5.55. The van der Waals surface area contributed by atoms with Crippen molar-refractivity contribution in [1.82, 2.24) is 0 Å². The van der Waals surface area contributed by atoms with Gasteiger partial charge in [0, 0.05) is 0 Å². The highest BCUT2D eigenvalue weighted by Crippen LogP contribution is 2.26. The molecule has 0 unspecified atom stereocenters. The number of benzene rings is 1. The molecule has 0 heterocycles. The van der Waals surface area contributed by atoms with Gasteiger partial charge in [-0.15, -0.1) is 0 Å². The second kappa shape index (κ2) is 10.4. The topological polar surface area (TPSA) is 29.5 Å². The number of allylic oxidation sites excluding steroid dienone is 1. The molecule has 0 bridgehead atoms. The lowest BCUT2D eigenvalue weighted by Gasteiger charge is -2.03. The fraction of sp³-hybridized carbons (Fsp3) is 0.556. The Kier molecular flexibility index (Phi) is 8.61. The van der Waals surface area contributed by atoms with Gasteiger partial charge in [-0.2, -0.15) is 0 Å². The van der Waals surface area contributed by atoms with Crippen LogP contribution in [0.1, 0.15) is 63.9 Å². The molecule has 1 aromatic rings. The Balaban J connectivity index is 2.18. The van der Waals surface area contributed by atoms with E-state index >= 15 is 0 Å². The molecule has 0 saturated carbocycles. The van der Waals surface area contributed by atoms with Gasteiger partial charge in [-0.3, -0.25) is 0 Å². The highest BCUT2D eigenvalue weighted by atomic mass is 16.5. The van der Waals surface area contributed by atoms with E-state index in [1.54, 1.807) is 13.2 Å². The molecule has 1 rings (SSSR count). The largest absolute Gasteiger partial charge is 0.504 e. The quantitative estimate of drug-likeness (QED) is 0.567. The Hall–Kier alpha value is -1.44. The molecule has 2 heteroatoms. The standard InChI is InChI=1S/C18H28O2/c1-3-4-5-6-7-8-9-10-11-12-16-13-14-17(19)18(15-16)20-2/h11-15,19H,3-10H2,1-2H3/b12-11+. The maximum atomic E-state index is 9.52. The molecule has 0 radical (unpaired) electrons. The van der Waals surface area contributed by atoms with E-state index in [9.17, 15) is 5.11 Å². The molecule has 0 fully saturated rings. The minimum Gasteiger partial charge on any atom is -0.504 e. The van der Waals surface area contributed by atoms with Gasteiger partial charge in [0.2, 0.25) is 0 Å². The Morgan fingerprint density at radius 2 is 1.75 bits per heavy atom. The molecule has 1 aromatic carbocycles. The van der Waals surface area contributed by atoms with Crippen LogP contribution in [0.3, 0.4) is 0 Å². The number of hydrogen-bond acceptors (Lipinski definition) is 2. The molecule has 1 N–H and O–H groups in total. The van der Waals surface area contributed by atoms with Crippen LogP contribution < -0.4 is 4.74 Å². The van der Waals surface area contributed by atoms with Gasteiger partial charge in [-0.25, -0.2) is 0 Å². The van der Waals surface area contributed by atoms with Crippen LogP contribution in [0, 0.1) is 0 Å².